The molecule has 1 spiro atoms. The smallest absolute Gasteiger partial charge is 0.233 e. The summed E-state index contributed by atoms with van der Waals surface area (Å²) in [7, 11) is 1.69. The van der Waals surface area contributed by atoms with E-state index in [0.717, 1.165) is 51.0 Å². The number of amides is 2. The van der Waals surface area contributed by atoms with Crippen LogP contribution in [0.3, 0.4) is 0 Å². The molecule has 0 radical (unpaired) electrons. The van der Waals surface area contributed by atoms with Crippen LogP contribution < -0.4 is 5.32 Å². The molecule has 5 nitrogen and oxygen atoms in total. The first-order valence-corrected chi connectivity index (χ1v) is 9.76. The minimum absolute atomic E-state index is 0.0853. The van der Waals surface area contributed by atoms with Crippen molar-refractivity contribution in [3.8, 4) is 0 Å². The summed E-state index contributed by atoms with van der Waals surface area (Å²) in [6.07, 6.45) is 5.02. The molecule has 2 amide bonds. The zero-order valence-electron chi connectivity index (χ0n) is 14.4. The Kier molecular flexibility index (Phi) is 5.56. The average molecular weight is 350 g/mol. The van der Waals surface area contributed by atoms with Crippen molar-refractivity contribution < 1.29 is 9.59 Å². The summed E-state index contributed by atoms with van der Waals surface area (Å²) in [5, 5.41) is 6.79. The van der Waals surface area contributed by atoms with Crippen LogP contribution in [0.1, 0.15) is 31.2 Å². The van der Waals surface area contributed by atoms with Crippen molar-refractivity contribution in [2.45, 2.75) is 32.1 Å². The van der Waals surface area contributed by atoms with E-state index in [-0.39, 0.29) is 17.2 Å². The molecule has 1 aromatic heterocycles. The maximum absolute atomic E-state index is 12.6. The molecule has 3 rings (SSSR count). The van der Waals surface area contributed by atoms with Gasteiger partial charge in [0.15, 0.2) is 0 Å². The third-order valence-electron chi connectivity index (χ3n) is 5.51. The lowest BCUT2D eigenvalue weighted by Crippen LogP contribution is -2.52. The second-order valence-corrected chi connectivity index (χ2v) is 7.96. The lowest BCUT2D eigenvalue weighted by atomic mass is 9.72. The second kappa shape index (κ2) is 7.66. The van der Waals surface area contributed by atoms with Gasteiger partial charge in [0.25, 0.3) is 0 Å². The summed E-state index contributed by atoms with van der Waals surface area (Å²) in [6, 6.07) is 2.04. The standard InChI is InChI=1S/C18H27N3O2S/c1-19-16(22)12-20-8-5-18(6-9-20)4-2-7-21(14-18)17(23)11-15-3-10-24-13-15/h3,10,13H,2,4-9,11-12,14H2,1H3,(H,19,22). The van der Waals surface area contributed by atoms with Crippen molar-refractivity contribution in [1.82, 2.24) is 15.1 Å². The van der Waals surface area contributed by atoms with E-state index in [1.807, 2.05) is 11.4 Å². The van der Waals surface area contributed by atoms with Gasteiger partial charge in [0, 0.05) is 20.1 Å². The predicted molar refractivity (Wildman–Crippen MR) is 96.0 cm³/mol. The topological polar surface area (TPSA) is 52.7 Å². The van der Waals surface area contributed by atoms with Crippen LogP contribution >= 0.6 is 11.3 Å². The molecule has 6 heteroatoms. The average Bonchev–Trinajstić information content (AvgIpc) is 3.10. The van der Waals surface area contributed by atoms with Gasteiger partial charge in [-0.15, -0.1) is 0 Å². The number of hydrogen-bond donors (Lipinski definition) is 1. The summed E-state index contributed by atoms with van der Waals surface area (Å²) in [5.74, 6) is 0.349. The molecule has 0 aromatic carbocycles. The van der Waals surface area contributed by atoms with Gasteiger partial charge in [-0.25, -0.2) is 0 Å². The number of piperidine rings is 2. The molecule has 1 N–H and O–H groups in total. The van der Waals surface area contributed by atoms with Crippen molar-refractivity contribution in [2.24, 2.45) is 5.41 Å². The molecular weight excluding hydrogens is 322 g/mol. The lowest BCUT2D eigenvalue weighted by Gasteiger charge is -2.47. The van der Waals surface area contributed by atoms with Crippen LogP contribution in [-0.4, -0.2) is 61.4 Å². The predicted octanol–water partition coefficient (Wildman–Crippen LogP) is 1.74. The highest BCUT2D eigenvalue weighted by molar-refractivity contribution is 7.08. The monoisotopic (exact) mass is 349 g/mol. The first-order valence-electron chi connectivity index (χ1n) is 8.82. The Bertz CT molecular complexity index is 565. The van der Waals surface area contributed by atoms with Crippen LogP contribution in [0, 0.1) is 5.41 Å². The Morgan fingerprint density at radius 2 is 2.04 bits per heavy atom. The molecule has 0 saturated carbocycles. The van der Waals surface area contributed by atoms with Gasteiger partial charge >= 0.3 is 0 Å². The Hall–Kier alpha value is -1.40. The zero-order valence-corrected chi connectivity index (χ0v) is 15.2. The maximum Gasteiger partial charge on any atom is 0.233 e. The van der Waals surface area contributed by atoms with Gasteiger partial charge in [0.1, 0.15) is 0 Å². The van der Waals surface area contributed by atoms with Crippen LogP contribution in [0.5, 0.6) is 0 Å². The molecule has 24 heavy (non-hydrogen) atoms. The highest BCUT2D eigenvalue weighted by atomic mass is 32.1. The molecule has 2 fully saturated rings. The van der Waals surface area contributed by atoms with E-state index < -0.39 is 0 Å². The summed E-state index contributed by atoms with van der Waals surface area (Å²) in [6.45, 7) is 4.20. The Morgan fingerprint density at radius 1 is 1.25 bits per heavy atom. The molecule has 2 aliphatic rings. The van der Waals surface area contributed by atoms with Gasteiger partial charge < -0.3 is 10.2 Å². The fraction of sp³-hybridized carbons (Fsp3) is 0.667. The largest absolute Gasteiger partial charge is 0.358 e. The highest BCUT2D eigenvalue weighted by Crippen LogP contribution is 2.39. The van der Waals surface area contributed by atoms with E-state index in [9.17, 15) is 9.59 Å². The number of likely N-dealkylation sites (tertiary alicyclic amines) is 2. The third-order valence-corrected chi connectivity index (χ3v) is 6.24. The van der Waals surface area contributed by atoms with Crippen molar-refractivity contribution in [3.05, 3.63) is 22.4 Å². The van der Waals surface area contributed by atoms with E-state index in [2.05, 4.69) is 20.5 Å². The number of thiophene rings is 1. The minimum Gasteiger partial charge on any atom is -0.358 e. The van der Waals surface area contributed by atoms with Crippen molar-refractivity contribution in [1.29, 1.82) is 0 Å². The van der Waals surface area contributed by atoms with E-state index >= 15 is 0 Å². The molecule has 2 aliphatic heterocycles. The van der Waals surface area contributed by atoms with Crippen molar-refractivity contribution >= 4 is 23.2 Å². The van der Waals surface area contributed by atoms with Crippen LogP contribution in [-0.2, 0) is 16.0 Å². The number of rotatable bonds is 4. The SMILES string of the molecule is CNC(=O)CN1CCC2(CCCN(C(=O)Cc3ccsc3)C2)CC1. The number of hydrogen-bond acceptors (Lipinski definition) is 4. The van der Waals surface area contributed by atoms with Crippen LogP contribution in [0.4, 0.5) is 0 Å². The molecular formula is C18H27N3O2S. The fourth-order valence-corrected chi connectivity index (χ4v) is 4.64. The Morgan fingerprint density at radius 3 is 2.71 bits per heavy atom. The Balaban J connectivity index is 1.54. The number of nitrogens with zero attached hydrogens (tertiary/aromatic N) is 2. The molecule has 2 saturated heterocycles. The molecule has 0 atom stereocenters. The number of likely N-dealkylation sites (N-methyl/N-ethyl adjacent to an activating group) is 1. The van der Waals surface area contributed by atoms with E-state index in [0.29, 0.717) is 13.0 Å². The molecule has 3 heterocycles. The normalized spacial score (nSPS) is 21.0. The molecule has 0 bridgehead atoms. The maximum atomic E-state index is 12.6. The third kappa shape index (κ3) is 4.16. The summed E-state index contributed by atoms with van der Waals surface area (Å²) < 4.78 is 0. The number of carbonyl (C=O) groups excluding carboxylic acids is 2. The number of carbonyl (C=O) groups is 2. The lowest BCUT2D eigenvalue weighted by molar-refractivity contribution is -0.135. The first-order chi connectivity index (χ1) is 11.6. The summed E-state index contributed by atoms with van der Waals surface area (Å²) >= 11 is 1.65. The van der Waals surface area contributed by atoms with Gasteiger partial charge in [-0.3, -0.25) is 14.5 Å². The van der Waals surface area contributed by atoms with Gasteiger partial charge in [0.05, 0.1) is 13.0 Å². The number of nitrogens with one attached hydrogen (secondary N) is 1. The van der Waals surface area contributed by atoms with Crippen molar-refractivity contribution in [2.75, 3.05) is 39.8 Å². The minimum atomic E-state index is 0.0853. The molecule has 132 valence electrons. The quantitative estimate of drug-likeness (QED) is 0.901. The molecule has 0 aliphatic carbocycles. The van der Waals surface area contributed by atoms with Crippen LogP contribution in [0.25, 0.3) is 0 Å². The van der Waals surface area contributed by atoms with E-state index in [4.69, 9.17) is 0 Å². The molecule has 0 unspecified atom stereocenters. The van der Waals surface area contributed by atoms with Gasteiger partial charge in [-0.2, -0.15) is 11.3 Å². The van der Waals surface area contributed by atoms with Crippen molar-refractivity contribution in [3.63, 3.8) is 0 Å². The van der Waals surface area contributed by atoms with E-state index in [1.165, 1.54) is 6.42 Å². The first kappa shape index (κ1) is 17.4. The van der Waals surface area contributed by atoms with Crippen LogP contribution in [0.2, 0.25) is 0 Å². The fourth-order valence-electron chi connectivity index (χ4n) is 3.98. The second-order valence-electron chi connectivity index (χ2n) is 7.18. The Labute approximate surface area is 148 Å². The van der Waals surface area contributed by atoms with Gasteiger partial charge in [-0.05, 0) is 66.6 Å². The summed E-state index contributed by atoms with van der Waals surface area (Å²) in [5.41, 5.74) is 1.40. The van der Waals surface area contributed by atoms with Gasteiger partial charge in [0.2, 0.25) is 11.8 Å². The molecule has 1 aromatic rings. The van der Waals surface area contributed by atoms with E-state index in [1.54, 1.807) is 18.4 Å². The highest BCUT2D eigenvalue weighted by Gasteiger charge is 2.39. The zero-order chi connectivity index (χ0) is 17.0. The summed E-state index contributed by atoms with van der Waals surface area (Å²) in [4.78, 5) is 28.5. The van der Waals surface area contributed by atoms with Gasteiger partial charge in [-0.1, -0.05) is 0 Å². The van der Waals surface area contributed by atoms with Crippen LogP contribution in [0.15, 0.2) is 16.8 Å².